The molecular weight excluding hydrogens is 340 g/mol. The lowest BCUT2D eigenvalue weighted by Gasteiger charge is -2.08. The first-order valence-electron chi connectivity index (χ1n) is 7.61. The number of nitro groups is 1. The predicted molar refractivity (Wildman–Crippen MR) is 92.8 cm³/mol. The van der Waals surface area contributed by atoms with Crippen LogP contribution in [0.3, 0.4) is 0 Å². The Bertz CT molecular complexity index is 1010. The van der Waals surface area contributed by atoms with E-state index in [1.165, 1.54) is 18.2 Å². The van der Waals surface area contributed by atoms with Crippen LogP contribution in [0, 0.1) is 17.0 Å². The van der Waals surface area contributed by atoms with E-state index in [4.69, 9.17) is 4.74 Å². The number of hydrogen-bond donors (Lipinski definition) is 2. The minimum atomic E-state index is -0.742. The first kappa shape index (κ1) is 17.1. The fourth-order valence-corrected chi connectivity index (χ4v) is 2.36. The van der Waals surface area contributed by atoms with Gasteiger partial charge in [0.2, 0.25) is 0 Å². The van der Waals surface area contributed by atoms with Crippen molar-refractivity contribution in [3.63, 3.8) is 0 Å². The molecule has 0 saturated carbocycles. The van der Waals surface area contributed by atoms with Gasteiger partial charge in [-0.1, -0.05) is 24.3 Å². The standard InChI is InChI=1S/C17H14N4O5/c1-10-6-7-11(21(24)25)8-14(10)18-15(22)9-26-17(23)16-12-4-2-3-5-13(12)19-20-16/h2-8H,9H2,1H3,(H,18,22)(H,19,20). The topological polar surface area (TPSA) is 127 Å². The van der Waals surface area contributed by atoms with Gasteiger partial charge >= 0.3 is 5.97 Å². The number of para-hydroxylation sites is 1. The number of H-pyrrole nitrogens is 1. The lowest BCUT2D eigenvalue weighted by atomic mass is 10.2. The molecule has 0 aliphatic rings. The summed E-state index contributed by atoms with van der Waals surface area (Å²) in [5.41, 5.74) is 1.54. The van der Waals surface area contributed by atoms with E-state index in [1.54, 1.807) is 31.2 Å². The number of benzene rings is 2. The Morgan fingerprint density at radius 3 is 2.81 bits per heavy atom. The number of rotatable bonds is 5. The Labute approximate surface area is 147 Å². The van der Waals surface area contributed by atoms with Crippen LogP contribution in [0.5, 0.6) is 0 Å². The van der Waals surface area contributed by atoms with Crippen LogP contribution in [-0.4, -0.2) is 33.6 Å². The number of aryl methyl sites for hydroxylation is 1. The molecule has 1 aromatic heterocycles. The van der Waals surface area contributed by atoms with Crippen molar-refractivity contribution in [2.45, 2.75) is 6.92 Å². The van der Waals surface area contributed by atoms with E-state index in [2.05, 4.69) is 15.5 Å². The molecule has 9 nitrogen and oxygen atoms in total. The fourth-order valence-electron chi connectivity index (χ4n) is 2.36. The Hall–Kier alpha value is -3.75. The molecule has 0 unspecified atom stereocenters. The van der Waals surface area contributed by atoms with Crippen molar-refractivity contribution in [1.82, 2.24) is 10.2 Å². The molecule has 2 N–H and O–H groups in total. The summed E-state index contributed by atoms with van der Waals surface area (Å²) in [6.45, 7) is 1.16. The van der Waals surface area contributed by atoms with Crippen molar-refractivity contribution in [3.8, 4) is 0 Å². The molecule has 0 fully saturated rings. The molecule has 1 heterocycles. The number of hydrogen-bond acceptors (Lipinski definition) is 6. The quantitative estimate of drug-likeness (QED) is 0.412. The number of fused-ring (bicyclic) bond motifs is 1. The molecule has 2 aromatic carbocycles. The largest absolute Gasteiger partial charge is 0.451 e. The van der Waals surface area contributed by atoms with Crippen molar-refractivity contribution in [2.75, 3.05) is 11.9 Å². The lowest BCUT2D eigenvalue weighted by Crippen LogP contribution is -2.21. The molecule has 0 saturated heterocycles. The molecule has 9 heteroatoms. The highest BCUT2D eigenvalue weighted by Gasteiger charge is 2.17. The molecule has 0 radical (unpaired) electrons. The summed E-state index contributed by atoms with van der Waals surface area (Å²) in [6.07, 6.45) is 0. The van der Waals surface area contributed by atoms with Gasteiger partial charge in [0.1, 0.15) is 0 Å². The molecule has 1 amide bonds. The molecule has 0 spiro atoms. The summed E-state index contributed by atoms with van der Waals surface area (Å²) in [7, 11) is 0. The molecule has 0 aliphatic heterocycles. The predicted octanol–water partition coefficient (Wildman–Crippen LogP) is 2.58. The second kappa shape index (κ2) is 7.01. The van der Waals surface area contributed by atoms with E-state index < -0.39 is 23.4 Å². The average molecular weight is 354 g/mol. The number of nitrogens with zero attached hydrogens (tertiary/aromatic N) is 2. The van der Waals surface area contributed by atoms with Gasteiger partial charge in [-0.05, 0) is 18.6 Å². The number of nitro benzene ring substituents is 1. The Morgan fingerprint density at radius 2 is 2.04 bits per heavy atom. The smallest absolute Gasteiger partial charge is 0.359 e. The first-order valence-corrected chi connectivity index (χ1v) is 7.61. The third-order valence-corrected chi connectivity index (χ3v) is 3.70. The van der Waals surface area contributed by atoms with Crippen LogP contribution >= 0.6 is 0 Å². The summed E-state index contributed by atoms with van der Waals surface area (Å²) in [5, 5.41) is 20.5. The zero-order chi connectivity index (χ0) is 18.7. The maximum Gasteiger partial charge on any atom is 0.359 e. The van der Waals surface area contributed by atoms with Gasteiger partial charge in [0.05, 0.1) is 16.1 Å². The molecule has 132 valence electrons. The van der Waals surface area contributed by atoms with E-state index >= 15 is 0 Å². The zero-order valence-corrected chi connectivity index (χ0v) is 13.7. The Balaban J connectivity index is 1.65. The number of aromatic nitrogens is 2. The van der Waals surface area contributed by atoms with Crippen molar-refractivity contribution < 1.29 is 19.2 Å². The normalized spacial score (nSPS) is 10.5. The van der Waals surface area contributed by atoms with Gasteiger partial charge in [0.25, 0.3) is 11.6 Å². The maximum absolute atomic E-state index is 12.1. The number of amides is 1. The van der Waals surface area contributed by atoms with E-state index in [0.717, 1.165) is 0 Å². The number of anilines is 1. The van der Waals surface area contributed by atoms with Gasteiger partial charge < -0.3 is 10.1 Å². The number of carbonyl (C=O) groups is 2. The Kier molecular flexibility index (Phi) is 4.61. The van der Waals surface area contributed by atoms with E-state index in [1.807, 2.05) is 0 Å². The highest BCUT2D eigenvalue weighted by molar-refractivity contribution is 6.03. The average Bonchev–Trinajstić information content (AvgIpc) is 3.05. The highest BCUT2D eigenvalue weighted by Crippen LogP contribution is 2.22. The molecule has 0 bridgehead atoms. The summed E-state index contributed by atoms with van der Waals surface area (Å²) in [4.78, 5) is 34.4. The number of nitrogens with one attached hydrogen (secondary N) is 2. The molecule has 3 aromatic rings. The summed E-state index contributed by atoms with van der Waals surface area (Å²) < 4.78 is 4.98. The fraction of sp³-hybridized carbons (Fsp3) is 0.118. The number of esters is 1. The lowest BCUT2D eigenvalue weighted by molar-refractivity contribution is -0.384. The maximum atomic E-state index is 12.1. The van der Waals surface area contributed by atoms with Crippen molar-refractivity contribution in [3.05, 3.63) is 63.8 Å². The van der Waals surface area contributed by atoms with Crippen molar-refractivity contribution >= 4 is 34.2 Å². The third-order valence-electron chi connectivity index (χ3n) is 3.70. The SMILES string of the molecule is Cc1ccc([N+](=O)[O-])cc1NC(=O)COC(=O)c1n[nH]c2ccccc12. The molecule has 3 rings (SSSR count). The minimum Gasteiger partial charge on any atom is -0.451 e. The molecule has 0 atom stereocenters. The van der Waals surface area contributed by atoms with Crippen LogP contribution in [-0.2, 0) is 9.53 Å². The second-order valence-electron chi connectivity index (χ2n) is 5.50. The zero-order valence-electron chi connectivity index (χ0n) is 13.7. The monoisotopic (exact) mass is 354 g/mol. The Morgan fingerprint density at radius 1 is 1.27 bits per heavy atom. The second-order valence-corrected chi connectivity index (χ2v) is 5.50. The van der Waals surface area contributed by atoms with Crippen molar-refractivity contribution in [1.29, 1.82) is 0 Å². The molecule has 0 aliphatic carbocycles. The number of carbonyl (C=O) groups excluding carboxylic acids is 2. The third kappa shape index (κ3) is 3.51. The summed E-state index contributed by atoms with van der Waals surface area (Å²) in [5.74, 6) is -1.35. The van der Waals surface area contributed by atoms with Crippen LogP contribution in [0.2, 0.25) is 0 Å². The van der Waals surface area contributed by atoms with Crippen LogP contribution in [0.15, 0.2) is 42.5 Å². The van der Waals surface area contributed by atoms with Gasteiger partial charge in [-0.25, -0.2) is 4.79 Å². The molecular formula is C17H14N4O5. The summed E-state index contributed by atoms with van der Waals surface area (Å²) in [6, 6.07) is 11.1. The number of non-ortho nitro benzene ring substituents is 1. The molecule has 26 heavy (non-hydrogen) atoms. The van der Waals surface area contributed by atoms with Gasteiger partial charge in [0.15, 0.2) is 12.3 Å². The van der Waals surface area contributed by atoms with Gasteiger partial charge in [0, 0.05) is 17.5 Å². The van der Waals surface area contributed by atoms with E-state index in [0.29, 0.717) is 16.5 Å². The van der Waals surface area contributed by atoms with Crippen LogP contribution < -0.4 is 5.32 Å². The van der Waals surface area contributed by atoms with E-state index in [-0.39, 0.29) is 17.1 Å². The van der Waals surface area contributed by atoms with Gasteiger partial charge in [-0.15, -0.1) is 0 Å². The minimum absolute atomic E-state index is 0.0833. The van der Waals surface area contributed by atoms with Crippen LogP contribution in [0.4, 0.5) is 11.4 Å². The first-order chi connectivity index (χ1) is 12.5. The van der Waals surface area contributed by atoms with Gasteiger partial charge in [-0.3, -0.25) is 20.0 Å². The highest BCUT2D eigenvalue weighted by atomic mass is 16.6. The van der Waals surface area contributed by atoms with Crippen LogP contribution in [0.25, 0.3) is 10.9 Å². The number of aromatic amines is 1. The van der Waals surface area contributed by atoms with Crippen LogP contribution in [0.1, 0.15) is 16.1 Å². The summed E-state index contributed by atoms with van der Waals surface area (Å²) >= 11 is 0. The van der Waals surface area contributed by atoms with Crippen molar-refractivity contribution in [2.24, 2.45) is 0 Å². The number of ether oxygens (including phenoxy) is 1. The van der Waals surface area contributed by atoms with Gasteiger partial charge in [-0.2, -0.15) is 5.10 Å². The van der Waals surface area contributed by atoms with E-state index in [9.17, 15) is 19.7 Å².